The molecule has 0 spiro atoms. The van der Waals surface area contributed by atoms with Crippen LogP contribution in [0.3, 0.4) is 0 Å². The Bertz CT molecular complexity index is 621. The summed E-state index contributed by atoms with van der Waals surface area (Å²) in [5.41, 5.74) is 2.31. The normalized spacial score (nSPS) is 16.2. The fourth-order valence-corrected chi connectivity index (χ4v) is 3.11. The lowest BCUT2D eigenvalue weighted by atomic mass is 10.0. The first-order chi connectivity index (χ1) is 9.19. The van der Waals surface area contributed by atoms with Crippen LogP contribution in [0.1, 0.15) is 37.3 Å². The summed E-state index contributed by atoms with van der Waals surface area (Å²) in [5.74, 6) is 0.116. The number of anilines is 1. The first-order valence-electron chi connectivity index (χ1n) is 6.66. The van der Waals surface area contributed by atoms with Gasteiger partial charge in [0, 0.05) is 34.8 Å². The lowest BCUT2D eigenvalue weighted by Crippen LogP contribution is -2.01. The third-order valence-corrected chi connectivity index (χ3v) is 4.11. The molecule has 4 heteroatoms. The number of halogens is 2. The second-order valence-electron chi connectivity index (χ2n) is 5.11. The molecule has 1 aliphatic rings. The van der Waals surface area contributed by atoms with Crippen LogP contribution in [0.5, 0.6) is 0 Å². The Balaban J connectivity index is 2.21. The Morgan fingerprint density at radius 2 is 2.00 bits per heavy atom. The molecule has 1 aromatic heterocycles. The van der Waals surface area contributed by atoms with Gasteiger partial charge in [0.05, 0.1) is 0 Å². The highest BCUT2D eigenvalue weighted by atomic mass is 35.5. The van der Waals surface area contributed by atoms with E-state index in [1.54, 1.807) is 6.07 Å². The molecule has 0 unspecified atom stereocenters. The van der Waals surface area contributed by atoms with Gasteiger partial charge in [0.1, 0.15) is 5.52 Å². The Kier molecular flexibility index (Phi) is 3.31. The SMILES string of the molecule is CNc1cc(C2CCCC2)nc2c(F)cc(Cl)cc12. The molecule has 0 bridgehead atoms. The number of fused-ring (bicyclic) bond motifs is 1. The molecule has 0 atom stereocenters. The van der Waals surface area contributed by atoms with Crippen molar-refractivity contribution < 1.29 is 4.39 Å². The van der Waals surface area contributed by atoms with Gasteiger partial charge in [-0.3, -0.25) is 0 Å². The second-order valence-corrected chi connectivity index (χ2v) is 5.55. The Hall–Kier alpha value is -1.35. The smallest absolute Gasteiger partial charge is 0.150 e. The second kappa shape index (κ2) is 4.97. The van der Waals surface area contributed by atoms with Crippen molar-refractivity contribution in [3.63, 3.8) is 0 Å². The van der Waals surface area contributed by atoms with Crippen molar-refractivity contribution in [2.45, 2.75) is 31.6 Å². The predicted molar refractivity (Wildman–Crippen MR) is 77.5 cm³/mol. The molecule has 0 aliphatic heterocycles. The van der Waals surface area contributed by atoms with E-state index in [-0.39, 0.29) is 5.82 Å². The van der Waals surface area contributed by atoms with E-state index in [0.717, 1.165) is 29.6 Å². The maximum absolute atomic E-state index is 14.1. The summed E-state index contributed by atoms with van der Waals surface area (Å²) in [6.07, 6.45) is 4.78. The minimum Gasteiger partial charge on any atom is -0.388 e. The molecule has 2 aromatic rings. The van der Waals surface area contributed by atoms with E-state index in [1.807, 2.05) is 13.1 Å². The minimum atomic E-state index is -0.348. The Labute approximate surface area is 117 Å². The summed E-state index contributed by atoms with van der Waals surface area (Å²) >= 11 is 5.92. The lowest BCUT2D eigenvalue weighted by molar-refractivity contribution is 0.633. The molecule has 1 aliphatic carbocycles. The zero-order chi connectivity index (χ0) is 13.4. The fourth-order valence-electron chi connectivity index (χ4n) is 2.91. The number of benzene rings is 1. The molecule has 19 heavy (non-hydrogen) atoms. The van der Waals surface area contributed by atoms with Gasteiger partial charge < -0.3 is 5.32 Å². The first-order valence-corrected chi connectivity index (χ1v) is 7.04. The summed E-state index contributed by atoms with van der Waals surface area (Å²) in [4.78, 5) is 4.53. The molecule has 0 radical (unpaired) electrons. The molecule has 3 rings (SSSR count). The zero-order valence-corrected chi connectivity index (χ0v) is 11.6. The van der Waals surface area contributed by atoms with Crippen molar-refractivity contribution in [1.29, 1.82) is 0 Å². The molecular formula is C15H16ClFN2. The van der Waals surface area contributed by atoms with E-state index < -0.39 is 0 Å². The van der Waals surface area contributed by atoms with Gasteiger partial charge in [-0.05, 0) is 31.0 Å². The van der Waals surface area contributed by atoms with Gasteiger partial charge in [0.2, 0.25) is 0 Å². The van der Waals surface area contributed by atoms with Gasteiger partial charge >= 0.3 is 0 Å². The van der Waals surface area contributed by atoms with Crippen molar-refractivity contribution >= 4 is 28.2 Å². The quantitative estimate of drug-likeness (QED) is 0.859. The van der Waals surface area contributed by atoms with E-state index in [9.17, 15) is 4.39 Å². The molecule has 0 amide bonds. The molecule has 1 aromatic carbocycles. The van der Waals surface area contributed by atoms with Gasteiger partial charge in [-0.15, -0.1) is 0 Å². The van der Waals surface area contributed by atoms with Crippen LogP contribution in [0.15, 0.2) is 18.2 Å². The van der Waals surface area contributed by atoms with Gasteiger partial charge in [-0.25, -0.2) is 9.37 Å². The summed E-state index contributed by atoms with van der Waals surface area (Å²) in [7, 11) is 1.84. The van der Waals surface area contributed by atoms with Gasteiger partial charge in [0.15, 0.2) is 5.82 Å². The molecule has 0 saturated heterocycles. The van der Waals surface area contributed by atoms with Crippen LogP contribution in [0.25, 0.3) is 10.9 Å². The standard InChI is InChI=1S/C15H16ClFN2/c1-18-14-8-13(9-4-2-3-5-9)19-15-11(14)6-10(16)7-12(15)17/h6-9H,2-5H2,1H3,(H,18,19). The Morgan fingerprint density at radius 3 is 2.68 bits per heavy atom. The van der Waals surface area contributed by atoms with Crippen molar-refractivity contribution in [1.82, 2.24) is 4.98 Å². The van der Waals surface area contributed by atoms with Crippen molar-refractivity contribution in [2.24, 2.45) is 0 Å². The van der Waals surface area contributed by atoms with Crippen LogP contribution in [0.2, 0.25) is 5.02 Å². The maximum Gasteiger partial charge on any atom is 0.150 e. The van der Waals surface area contributed by atoms with E-state index in [1.165, 1.54) is 18.9 Å². The van der Waals surface area contributed by atoms with Crippen LogP contribution >= 0.6 is 11.6 Å². The molecule has 1 saturated carbocycles. The number of hydrogen-bond acceptors (Lipinski definition) is 2. The van der Waals surface area contributed by atoms with Crippen molar-refractivity contribution in [2.75, 3.05) is 12.4 Å². The van der Waals surface area contributed by atoms with Crippen LogP contribution in [-0.2, 0) is 0 Å². The molecule has 2 nitrogen and oxygen atoms in total. The largest absolute Gasteiger partial charge is 0.388 e. The highest BCUT2D eigenvalue weighted by Gasteiger charge is 2.20. The van der Waals surface area contributed by atoms with Gasteiger partial charge in [0.25, 0.3) is 0 Å². The third-order valence-electron chi connectivity index (χ3n) is 3.89. The summed E-state index contributed by atoms with van der Waals surface area (Å²) < 4.78 is 14.1. The number of hydrogen-bond donors (Lipinski definition) is 1. The van der Waals surface area contributed by atoms with Crippen LogP contribution in [-0.4, -0.2) is 12.0 Å². The fraction of sp³-hybridized carbons (Fsp3) is 0.400. The van der Waals surface area contributed by atoms with Gasteiger partial charge in [-0.2, -0.15) is 0 Å². The number of nitrogens with zero attached hydrogens (tertiary/aromatic N) is 1. The topological polar surface area (TPSA) is 24.9 Å². The molecule has 1 fully saturated rings. The Morgan fingerprint density at radius 1 is 1.26 bits per heavy atom. The number of nitrogens with one attached hydrogen (secondary N) is 1. The van der Waals surface area contributed by atoms with Gasteiger partial charge in [-0.1, -0.05) is 24.4 Å². The third kappa shape index (κ3) is 2.27. The number of rotatable bonds is 2. The lowest BCUT2D eigenvalue weighted by Gasteiger charge is -2.14. The summed E-state index contributed by atoms with van der Waals surface area (Å²) in [6, 6.07) is 5.13. The predicted octanol–water partition coefficient (Wildman–Crippen LogP) is 4.73. The number of pyridine rings is 1. The summed E-state index contributed by atoms with van der Waals surface area (Å²) in [5, 5.41) is 4.27. The van der Waals surface area contributed by atoms with E-state index in [4.69, 9.17) is 11.6 Å². The average Bonchev–Trinajstić information content (AvgIpc) is 2.91. The van der Waals surface area contributed by atoms with E-state index in [2.05, 4.69) is 10.3 Å². The van der Waals surface area contributed by atoms with Crippen LogP contribution < -0.4 is 5.32 Å². The number of aromatic nitrogens is 1. The van der Waals surface area contributed by atoms with Crippen LogP contribution in [0, 0.1) is 5.82 Å². The first kappa shape index (κ1) is 12.7. The summed E-state index contributed by atoms with van der Waals surface area (Å²) in [6.45, 7) is 0. The molecule has 1 N–H and O–H groups in total. The maximum atomic E-state index is 14.1. The monoisotopic (exact) mass is 278 g/mol. The minimum absolute atomic E-state index is 0.348. The van der Waals surface area contributed by atoms with E-state index in [0.29, 0.717) is 16.5 Å². The van der Waals surface area contributed by atoms with Crippen molar-refractivity contribution in [3.8, 4) is 0 Å². The molecular weight excluding hydrogens is 263 g/mol. The zero-order valence-electron chi connectivity index (χ0n) is 10.8. The highest BCUT2D eigenvalue weighted by Crippen LogP contribution is 2.37. The average molecular weight is 279 g/mol. The van der Waals surface area contributed by atoms with E-state index >= 15 is 0 Å². The highest BCUT2D eigenvalue weighted by molar-refractivity contribution is 6.31. The van der Waals surface area contributed by atoms with Crippen LogP contribution in [0.4, 0.5) is 10.1 Å². The molecule has 100 valence electrons. The van der Waals surface area contributed by atoms with Crippen molar-refractivity contribution in [3.05, 3.63) is 34.7 Å². The molecule has 1 heterocycles.